The van der Waals surface area contributed by atoms with Crippen LogP contribution in [-0.2, 0) is 17.8 Å². The number of halogens is 1. The average Bonchev–Trinajstić information content (AvgIpc) is 3.65. The molecule has 1 aliphatic heterocycles. The van der Waals surface area contributed by atoms with Crippen molar-refractivity contribution in [3.8, 4) is 11.3 Å². The number of aromatic amines is 1. The minimum atomic E-state index is -0.318. The maximum Gasteiger partial charge on any atom is 0.331 e. The van der Waals surface area contributed by atoms with Gasteiger partial charge in [-0.2, -0.15) is 0 Å². The molecule has 5 heterocycles. The minimum absolute atomic E-state index is 0.133. The van der Waals surface area contributed by atoms with Crippen molar-refractivity contribution in [1.29, 1.82) is 0 Å². The first kappa shape index (κ1) is 28.2. The zero-order valence-electron chi connectivity index (χ0n) is 22.7. The second-order valence-corrected chi connectivity index (χ2v) is 11.1. The molecule has 0 aliphatic carbocycles. The molecule has 1 amide bonds. The van der Waals surface area contributed by atoms with E-state index in [4.69, 9.17) is 4.74 Å². The largest absolute Gasteiger partial charge is 0.378 e. The number of aryl methyl sites for hydroxylation is 1. The molecule has 0 bridgehead atoms. The lowest BCUT2D eigenvalue weighted by Crippen LogP contribution is -2.39. The molecule has 0 aromatic carbocycles. The Morgan fingerprint density at radius 1 is 1.10 bits per heavy atom. The Bertz CT molecular complexity index is 1600. The molecule has 0 spiro atoms. The fourth-order valence-electron chi connectivity index (χ4n) is 5.13. The van der Waals surface area contributed by atoms with Gasteiger partial charge in [-0.1, -0.05) is 13.8 Å². The van der Waals surface area contributed by atoms with Crippen LogP contribution in [0.1, 0.15) is 56.3 Å². The number of aromatic nitrogens is 5. The maximum absolute atomic E-state index is 13.5. The molecule has 4 aromatic rings. The van der Waals surface area contributed by atoms with Gasteiger partial charge in [0.25, 0.3) is 11.5 Å². The lowest BCUT2D eigenvalue weighted by molar-refractivity contribution is 0.0947. The van der Waals surface area contributed by atoms with Gasteiger partial charge < -0.3 is 9.72 Å². The minimum Gasteiger partial charge on any atom is -0.378 e. The molecule has 5 rings (SSSR count). The third-order valence-electron chi connectivity index (χ3n) is 7.16. The van der Waals surface area contributed by atoms with E-state index >= 15 is 0 Å². The first-order valence-electron chi connectivity index (χ1n) is 13.8. The number of hydrogen-bond donors (Lipinski definition) is 1. The maximum atomic E-state index is 13.5. The predicted molar refractivity (Wildman–Crippen MR) is 163 cm³/mol. The molecule has 1 aliphatic rings. The van der Waals surface area contributed by atoms with Crippen molar-refractivity contribution in [2.75, 3.05) is 18.1 Å². The SMILES string of the molecule is CCCn1c(=O)c2[nH]c(-c3ccc(N(CCC4CCCO4)C(=O)c4ccc(I)nc4)nc3)cc2n(CCC)c1=O. The Hall–Kier alpha value is -3.32. The van der Waals surface area contributed by atoms with E-state index in [1.54, 1.807) is 27.9 Å². The van der Waals surface area contributed by atoms with Crippen molar-refractivity contribution in [3.63, 3.8) is 0 Å². The summed E-state index contributed by atoms with van der Waals surface area (Å²) >= 11 is 2.11. The van der Waals surface area contributed by atoms with E-state index in [2.05, 4.69) is 37.5 Å². The number of H-pyrrole nitrogens is 1. The average molecular weight is 657 g/mol. The molecular formula is C29H33IN6O4. The lowest BCUT2D eigenvalue weighted by Gasteiger charge is -2.23. The number of carbonyl (C=O) groups is 1. The standard InChI is InChI=1S/C29H33IN6O4/c1-3-12-34-23-16-22(33-26(23)28(38)36(13-4-2)29(34)39)19-8-10-25(32-17-19)35(14-11-21-6-5-15-40-21)27(37)20-7-9-24(30)31-18-20/h7-10,16-18,21,33H,3-6,11-15H2,1-2H3. The number of anilines is 1. The Morgan fingerprint density at radius 2 is 1.90 bits per heavy atom. The van der Waals surface area contributed by atoms with Crippen molar-refractivity contribution in [3.05, 3.63) is 72.8 Å². The van der Waals surface area contributed by atoms with Gasteiger partial charge >= 0.3 is 5.69 Å². The Kier molecular flexibility index (Phi) is 8.79. The molecule has 10 nitrogen and oxygen atoms in total. The highest BCUT2D eigenvalue weighted by Crippen LogP contribution is 2.25. The summed E-state index contributed by atoms with van der Waals surface area (Å²) in [7, 11) is 0. The summed E-state index contributed by atoms with van der Waals surface area (Å²) in [6.07, 6.45) is 7.60. The van der Waals surface area contributed by atoms with Gasteiger partial charge in [0.05, 0.1) is 17.2 Å². The van der Waals surface area contributed by atoms with E-state index in [-0.39, 0.29) is 23.3 Å². The monoisotopic (exact) mass is 656 g/mol. The van der Waals surface area contributed by atoms with Gasteiger partial charge in [-0.05, 0) is 85.0 Å². The van der Waals surface area contributed by atoms with Crippen LogP contribution in [0.4, 0.5) is 5.82 Å². The Balaban J connectivity index is 1.48. The zero-order valence-corrected chi connectivity index (χ0v) is 24.9. The van der Waals surface area contributed by atoms with Crippen LogP contribution in [0.3, 0.4) is 0 Å². The molecule has 1 saturated heterocycles. The van der Waals surface area contributed by atoms with Crippen LogP contribution in [0.25, 0.3) is 22.3 Å². The highest BCUT2D eigenvalue weighted by atomic mass is 127. The summed E-state index contributed by atoms with van der Waals surface area (Å²) in [5, 5.41) is 0. The van der Waals surface area contributed by atoms with Gasteiger partial charge in [-0.25, -0.2) is 14.8 Å². The summed E-state index contributed by atoms with van der Waals surface area (Å²) in [4.78, 5) is 53.5. The number of ether oxygens (including phenoxy) is 1. The summed E-state index contributed by atoms with van der Waals surface area (Å²) in [5.41, 5.74) is 2.31. The molecule has 1 atom stereocenters. The van der Waals surface area contributed by atoms with Gasteiger partial charge in [-0.15, -0.1) is 0 Å². The van der Waals surface area contributed by atoms with Gasteiger partial charge in [0, 0.05) is 49.9 Å². The molecule has 1 unspecified atom stereocenters. The van der Waals surface area contributed by atoms with E-state index in [1.807, 2.05) is 38.1 Å². The van der Waals surface area contributed by atoms with E-state index in [0.29, 0.717) is 60.6 Å². The Labute approximate surface area is 245 Å². The fourth-order valence-corrected chi connectivity index (χ4v) is 5.45. The van der Waals surface area contributed by atoms with Crippen molar-refractivity contribution in [1.82, 2.24) is 24.1 Å². The van der Waals surface area contributed by atoms with Crippen molar-refractivity contribution in [2.45, 2.75) is 65.1 Å². The molecular weight excluding hydrogens is 623 g/mol. The number of nitrogens with one attached hydrogen (secondary N) is 1. The third-order valence-corrected chi connectivity index (χ3v) is 7.79. The zero-order chi connectivity index (χ0) is 28.2. The number of pyridine rings is 2. The summed E-state index contributed by atoms with van der Waals surface area (Å²) in [6.45, 7) is 6.05. The van der Waals surface area contributed by atoms with Crippen LogP contribution in [0.2, 0.25) is 0 Å². The third kappa shape index (κ3) is 5.75. The van der Waals surface area contributed by atoms with Crippen molar-refractivity contribution >= 4 is 45.3 Å². The van der Waals surface area contributed by atoms with Gasteiger partial charge in [0.2, 0.25) is 0 Å². The van der Waals surface area contributed by atoms with E-state index in [9.17, 15) is 14.4 Å². The quantitative estimate of drug-likeness (QED) is 0.197. The van der Waals surface area contributed by atoms with Gasteiger partial charge in [0.15, 0.2) is 0 Å². The van der Waals surface area contributed by atoms with Crippen molar-refractivity contribution < 1.29 is 9.53 Å². The van der Waals surface area contributed by atoms with Crippen LogP contribution < -0.4 is 16.1 Å². The van der Waals surface area contributed by atoms with Crippen LogP contribution in [-0.4, -0.2) is 49.2 Å². The van der Waals surface area contributed by atoms with E-state index in [0.717, 1.165) is 35.1 Å². The van der Waals surface area contributed by atoms with E-state index < -0.39 is 0 Å². The molecule has 0 saturated carbocycles. The predicted octanol–water partition coefficient (Wildman–Crippen LogP) is 4.59. The smallest absolute Gasteiger partial charge is 0.331 e. The van der Waals surface area contributed by atoms with Gasteiger partial charge in [-0.3, -0.25) is 23.6 Å². The van der Waals surface area contributed by atoms with Crippen LogP contribution in [0.5, 0.6) is 0 Å². The van der Waals surface area contributed by atoms with E-state index in [1.165, 1.54) is 4.57 Å². The number of hydrogen-bond acceptors (Lipinski definition) is 6. The molecule has 4 aromatic heterocycles. The van der Waals surface area contributed by atoms with Crippen LogP contribution in [0, 0.1) is 3.70 Å². The van der Waals surface area contributed by atoms with Crippen LogP contribution >= 0.6 is 22.6 Å². The normalized spacial score (nSPS) is 15.1. The highest BCUT2D eigenvalue weighted by Gasteiger charge is 2.23. The highest BCUT2D eigenvalue weighted by molar-refractivity contribution is 14.1. The number of amides is 1. The molecule has 1 fully saturated rings. The number of fused-ring (bicyclic) bond motifs is 1. The molecule has 210 valence electrons. The number of rotatable bonds is 10. The number of carbonyl (C=O) groups excluding carboxylic acids is 1. The molecule has 0 radical (unpaired) electrons. The van der Waals surface area contributed by atoms with Crippen molar-refractivity contribution in [2.24, 2.45) is 0 Å². The molecule has 1 N–H and O–H groups in total. The first-order valence-corrected chi connectivity index (χ1v) is 14.9. The fraction of sp³-hybridized carbons (Fsp3) is 0.414. The summed E-state index contributed by atoms with van der Waals surface area (Å²) < 4.78 is 9.56. The Morgan fingerprint density at radius 3 is 2.55 bits per heavy atom. The van der Waals surface area contributed by atoms with Crippen LogP contribution in [0.15, 0.2) is 52.3 Å². The molecule has 11 heteroatoms. The second-order valence-electron chi connectivity index (χ2n) is 9.99. The van der Waals surface area contributed by atoms with Gasteiger partial charge in [0.1, 0.15) is 15.0 Å². The lowest BCUT2D eigenvalue weighted by atomic mass is 10.1. The summed E-state index contributed by atoms with van der Waals surface area (Å²) in [5.74, 6) is 0.349. The number of nitrogens with zero attached hydrogens (tertiary/aromatic N) is 5. The molecule has 40 heavy (non-hydrogen) atoms. The first-order chi connectivity index (χ1) is 19.4. The second kappa shape index (κ2) is 12.5. The summed E-state index contributed by atoms with van der Waals surface area (Å²) in [6, 6.07) is 9.10. The topological polar surface area (TPSA) is 115 Å².